The number of aliphatic carboxylic acids is 2. The van der Waals surface area contributed by atoms with Gasteiger partial charge in [-0.25, -0.2) is 19.1 Å². The van der Waals surface area contributed by atoms with E-state index in [1.165, 1.54) is 51.4 Å². The number of quaternary nitrogens is 2. The average molecular weight is 446 g/mol. The van der Waals surface area contributed by atoms with E-state index in [-0.39, 0.29) is 17.6 Å². The molecule has 1 heterocycles. The Morgan fingerprint density at radius 3 is 1.87 bits per heavy atom. The number of rotatable bonds is 15. The number of carboxylic acid groups (broad SMARTS) is 2. The van der Waals surface area contributed by atoms with Crippen LogP contribution in [0.1, 0.15) is 78.1 Å². The van der Waals surface area contributed by atoms with Gasteiger partial charge >= 0.3 is 11.9 Å². The Labute approximate surface area is 188 Å². The van der Waals surface area contributed by atoms with Gasteiger partial charge in [0.2, 0.25) is 5.84 Å². The van der Waals surface area contributed by atoms with Crippen molar-refractivity contribution in [2.24, 2.45) is 4.99 Å². The highest BCUT2D eigenvalue weighted by atomic mass is 16.4. The van der Waals surface area contributed by atoms with E-state index in [4.69, 9.17) is 10.2 Å². The molecule has 1 aliphatic rings. The van der Waals surface area contributed by atoms with Crippen molar-refractivity contribution >= 4 is 17.8 Å². The minimum absolute atomic E-state index is 0.0616. The van der Waals surface area contributed by atoms with E-state index < -0.39 is 18.2 Å². The summed E-state index contributed by atoms with van der Waals surface area (Å²) in [7, 11) is 5.52. The Morgan fingerprint density at radius 1 is 0.968 bits per heavy atom. The molecule has 0 amide bonds. The lowest BCUT2D eigenvalue weighted by Crippen LogP contribution is -2.59. The number of unbranched alkanes of at least 4 members (excludes halogenated alkanes) is 8. The number of carboxylic acids is 2. The van der Waals surface area contributed by atoms with Gasteiger partial charge in [0.05, 0.1) is 27.7 Å². The fourth-order valence-electron chi connectivity index (χ4n) is 3.87. The van der Waals surface area contributed by atoms with Crippen LogP contribution in [0.2, 0.25) is 0 Å². The zero-order valence-electron chi connectivity index (χ0n) is 20.5. The summed E-state index contributed by atoms with van der Waals surface area (Å²) in [5, 5.41) is 27.5. The van der Waals surface area contributed by atoms with E-state index in [0.29, 0.717) is 17.6 Å². The Morgan fingerprint density at radius 2 is 1.48 bits per heavy atom. The Hall–Kier alpha value is -1.51. The van der Waals surface area contributed by atoms with Crippen molar-refractivity contribution in [3.05, 3.63) is 0 Å². The van der Waals surface area contributed by atoms with Crippen molar-refractivity contribution in [3.63, 3.8) is 0 Å². The van der Waals surface area contributed by atoms with Gasteiger partial charge in [-0.1, -0.05) is 58.3 Å². The van der Waals surface area contributed by atoms with E-state index in [2.05, 4.69) is 11.9 Å². The van der Waals surface area contributed by atoms with Gasteiger partial charge in [0.15, 0.2) is 19.3 Å². The number of amidine groups is 1. The van der Waals surface area contributed by atoms with E-state index >= 15 is 0 Å². The SMILES string of the molecule is CCCCCCCCCCCC1=NCC[N+]1(CC(=O)O)C(C)O.C[N+](C)(C)CC(=O)O. The predicted molar refractivity (Wildman–Crippen MR) is 124 cm³/mol. The number of aliphatic hydroxyl groups excluding tert-OH is 1. The molecule has 0 aromatic heterocycles. The molecular weight excluding hydrogens is 398 g/mol. The monoisotopic (exact) mass is 445 g/mol. The summed E-state index contributed by atoms with van der Waals surface area (Å²) in [5.74, 6) is -0.740. The van der Waals surface area contributed by atoms with E-state index in [1.807, 2.05) is 21.1 Å². The molecular formula is C23H47N3O5+2. The second kappa shape index (κ2) is 15.3. The van der Waals surface area contributed by atoms with Crippen LogP contribution in [0.5, 0.6) is 0 Å². The van der Waals surface area contributed by atoms with Crippen LogP contribution in [0.15, 0.2) is 4.99 Å². The van der Waals surface area contributed by atoms with Crippen LogP contribution in [0, 0.1) is 0 Å². The summed E-state index contributed by atoms with van der Waals surface area (Å²) in [6.45, 7) is 5.28. The van der Waals surface area contributed by atoms with Gasteiger partial charge in [-0.15, -0.1) is 0 Å². The molecule has 0 spiro atoms. The van der Waals surface area contributed by atoms with Crippen molar-refractivity contribution in [3.8, 4) is 0 Å². The lowest BCUT2D eigenvalue weighted by Gasteiger charge is -2.35. The van der Waals surface area contributed by atoms with Gasteiger partial charge in [-0.3, -0.25) is 0 Å². The van der Waals surface area contributed by atoms with E-state index in [0.717, 1.165) is 18.7 Å². The van der Waals surface area contributed by atoms with Gasteiger partial charge in [-0.2, -0.15) is 0 Å². The molecule has 0 aromatic rings. The Bertz CT molecular complexity index is 558. The van der Waals surface area contributed by atoms with Crippen LogP contribution >= 0.6 is 0 Å². The maximum Gasteiger partial charge on any atom is 0.359 e. The highest BCUT2D eigenvalue weighted by molar-refractivity contribution is 5.80. The number of aliphatic imine (C=N–C) groups is 1. The van der Waals surface area contributed by atoms with Crippen LogP contribution in [-0.2, 0) is 9.59 Å². The first-order valence-electron chi connectivity index (χ1n) is 11.8. The predicted octanol–water partition coefficient (Wildman–Crippen LogP) is 3.34. The number of likely N-dealkylation sites (N-methyl/N-ethyl adjacent to an activating group) is 1. The van der Waals surface area contributed by atoms with Gasteiger partial charge in [-0.05, 0) is 6.42 Å². The van der Waals surface area contributed by atoms with Crippen LogP contribution < -0.4 is 0 Å². The molecule has 0 radical (unpaired) electrons. The average Bonchev–Trinajstić information content (AvgIpc) is 3.02. The Kier molecular flexibility index (Phi) is 14.6. The van der Waals surface area contributed by atoms with Gasteiger partial charge in [0.25, 0.3) is 0 Å². The van der Waals surface area contributed by atoms with Crippen LogP contribution in [-0.4, -0.2) is 95.6 Å². The first kappa shape index (κ1) is 29.5. The highest BCUT2D eigenvalue weighted by Crippen LogP contribution is 2.23. The second-order valence-electron chi connectivity index (χ2n) is 9.66. The third-order valence-electron chi connectivity index (χ3n) is 5.55. The fourth-order valence-corrected chi connectivity index (χ4v) is 3.87. The third-order valence-corrected chi connectivity index (χ3v) is 5.55. The number of aliphatic hydroxyl groups is 1. The van der Waals surface area contributed by atoms with Gasteiger partial charge < -0.3 is 19.8 Å². The molecule has 1 aliphatic heterocycles. The van der Waals surface area contributed by atoms with Gasteiger partial charge in [0.1, 0.15) is 6.54 Å². The van der Waals surface area contributed by atoms with Crippen molar-refractivity contribution < 1.29 is 33.9 Å². The Balaban J connectivity index is 0.000000954. The maximum atomic E-state index is 11.2. The number of hydrogen-bond acceptors (Lipinski definition) is 4. The van der Waals surface area contributed by atoms with E-state index in [1.54, 1.807) is 6.92 Å². The van der Waals surface area contributed by atoms with Crippen molar-refractivity contribution in [2.45, 2.75) is 84.3 Å². The molecule has 1 rings (SSSR count). The van der Waals surface area contributed by atoms with Crippen molar-refractivity contribution in [1.82, 2.24) is 0 Å². The molecule has 2 unspecified atom stereocenters. The molecule has 0 aromatic carbocycles. The summed E-state index contributed by atoms with van der Waals surface area (Å²) < 4.78 is 0.613. The normalized spacial score (nSPS) is 19.4. The smallest absolute Gasteiger partial charge is 0.359 e. The lowest BCUT2D eigenvalue weighted by atomic mass is 10.1. The molecule has 8 nitrogen and oxygen atoms in total. The molecule has 2 atom stereocenters. The topological polar surface area (TPSA) is 107 Å². The minimum Gasteiger partial charge on any atom is -0.477 e. The molecule has 8 heteroatoms. The van der Waals surface area contributed by atoms with Crippen LogP contribution in [0.25, 0.3) is 0 Å². The first-order valence-corrected chi connectivity index (χ1v) is 11.8. The third kappa shape index (κ3) is 13.5. The summed E-state index contributed by atoms with van der Waals surface area (Å²) in [6, 6.07) is 0. The van der Waals surface area contributed by atoms with Crippen LogP contribution in [0.3, 0.4) is 0 Å². The standard InChI is InChI=1S/C18H34N2O3.C5H11NO2/c1-3-4-5-6-7-8-9-10-11-12-17-19-13-14-20(17,16(2)21)15-18(22)23;1-6(2,3)4-5(7)8/h16,21H,3-15H2,1-2H3;4H2,1-3H3/p+2. The van der Waals surface area contributed by atoms with Crippen molar-refractivity contribution in [2.75, 3.05) is 47.3 Å². The number of nitrogens with zero attached hydrogens (tertiary/aromatic N) is 3. The quantitative estimate of drug-likeness (QED) is 0.265. The zero-order chi connectivity index (χ0) is 23.9. The molecule has 0 saturated heterocycles. The van der Waals surface area contributed by atoms with Crippen molar-refractivity contribution in [1.29, 1.82) is 0 Å². The molecule has 3 N–H and O–H groups in total. The molecule has 182 valence electrons. The van der Waals surface area contributed by atoms with E-state index in [9.17, 15) is 14.7 Å². The molecule has 0 saturated carbocycles. The first-order chi connectivity index (χ1) is 14.4. The zero-order valence-corrected chi connectivity index (χ0v) is 20.5. The largest absolute Gasteiger partial charge is 0.477 e. The number of hydrogen-bond donors (Lipinski definition) is 3. The maximum absolute atomic E-state index is 11.2. The second-order valence-corrected chi connectivity index (χ2v) is 9.66. The van der Waals surface area contributed by atoms with Gasteiger partial charge in [0, 0.05) is 13.3 Å². The molecule has 31 heavy (non-hydrogen) atoms. The molecule has 0 bridgehead atoms. The number of carbonyl (C=O) groups is 2. The molecule has 0 fully saturated rings. The summed E-state index contributed by atoms with van der Waals surface area (Å²) in [6.07, 6.45) is 11.5. The summed E-state index contributed by atoms with van der Waals surface area (Å²) in [4.78, 5) is 25.6. The lowest BCUT2D eigenvalue weighted by molar-refractivity contribution is -0.877. The minimum atomic E-state index is -0.868. The summed E-state index contributed by atoms with van der Waals surface area (Å²) in [5.41, 5.74) is 0. The summed E-state index contributed by atoms with van der Waals surface area (Å²) >= 11 is 0. The molecule has 0 aliphatic carbocycles. The fraction of sp³-hybridized carbons (Fsp3) is 0.870. The highest BCUT2D eigenvalue weighted by Gasteiger charge is 2.43. The van der Waals surface area contributed by atoms with Crippen LogP contribution in [0.4, 0.5) is 0 Å².